The van der Waals surface area contributed by atoms with Crippen molar-refractivity contribution in [2.75, 3.05) is 23.9 Å². The minimum atomic E-state index is -0.445. The second-order valence-electron chi connectivity index (χ2n) is 5.29. The summed E-state index contributed by atoms with van der Waals surface area (Å²) in [5, 5.41) is 0.794. The van der Waals surface area contributed by atoms with Crippen LogP contribution in [0.4, 0.5) is 5.69 Å². The van der Waals surface area contributed by atoms with E-state index in [2.05, 4.69) is 29.8 Å². The molecule has 108 valence electrons. The van der Waals surface area contributed by atoms with Crippen molar-refractivity contribution in [3.05, 3.63) is 23.8 Å². The molecular weight excluding hydrogens is 322 g/mol. The van der Waals surface area contributed by atoms with Crippen LogP contribution in [-0.4, -0.2) is 30.7 Å². The molecule has 0 aromatic heterocycles. The Hall–Kier alpha value is -1.36. The van der Waals surface area contributed by atoms with Gasteiger partial charge in [0.2, 0.25) is 0 Å². The van der Waals surface area contributed by atoms with Gasteiger partial charge in [-0.25, -0.2) is 0 Å². The number of amides is 1. The molecule has 4 nitrogen and oxygen atoms in total. The summed E-state index contributed by atoms with van der Waals surface area (Å²) in [6.07, 6.45) is 0. The van der Waals surface area contributed by atoms with Gasteiger partial charge in [-0.3, -0.25) is 9.59 Å². The van der Waals surface area contributed by atoms with E-state index in [9.17, 15) is 9.59 Å². The first-order chi connectivity index (χ1) is 9.49. The van der Waals surface area contributed by atoms with Crippen LogP contribution < -0.4 is 9.64 Å². The third kappa shape index (κ3) is 2.59. The fourth-order valence-corrected chi connectivity index (χ4v) is 3.21. The summed E-state index contributed by atoms with van der Waals surface area (Å²) in [5.74, 6) is 0.492. The van der Waals surface area contributed by atoms with Crippen LogP contribution in [0.3, 0.4) is 0 Å². The molecule has 1 atom stereocenters. The number of carbonyl (C=O) groups excluding carboxylic acids is 2. The number of anilines is 1. The van der Waals surface area contributed by atoms with Gasteiger partial charge < -0.3 is 9.64 Å². The Morgan fingerprint density at radius 3 is 2.55 bits per heavy atom. The number of benzene rings is 1. The highest BCUT2D eigenvalue weighted by Gasteiger charge is 2.37. The zero-order valence-electron chi connectivity index (χ0n) is 11.9. The van der Waals surface area contributed by atoms with Crippen molar-refractivity contribution in [2.24, 2.45) is 11.8 Å². The van der Waals surface area contributed by atoms with Gasteiger partial charge in [0.25, 0.3) is 11.7 Å². The Labute approximate surface area is 127 Å². The normalized spacial score (nSPS) is 15.8. The SMILES string of the molecule is COc1ccc2c(c1)N(CC(CBr)C(C)C)C(=O)C2=O. The molecule has 0 saturated carbocycles. The standard InChI is InChI=1S/C15H18BrNO3/c1-9(2)10(7-16)8-17-13-6-11(20-3)4-5-12(13)14(18)15(17)19/h4-6,9-10H,7-8H2,1-3H3. The Morgan fingerprint density at radius 2 is 2.00 bits per heavy atom. The molecule has 0 saturated heterocycles. The first kappa shape index (κ1) is 15.0. The van der Waals surface area contributed by atoms with Crippen LogP contribution >= 0.6 is 15.9 Å². The van der Waals surface area contributed by atoms with E-state index in [1.54, 1.807) is 30.2 Å². The maximum atomic E-state index is 12.2. The van der Waals surface area contributed by atoms with Gasteiger partial charge in [-0.15, -0.1) is 0 Å². The topological polar surface area (TPSA) is 46.6 Å². The first-order valence-corrected chi connectivity index (χ1v) is 7.72. The molecule has 0 aliphatic carbocycles. The zero-order valence-corrected chi connectivity index (χ0v) is 13.4. The zero-order chi connectivity index (χ0) is 14.9. The number of nitrogens with zero attached hydrogens (tertiary/aromatic N) is 1. The smallest absolute Gasteiger partial charge is 0.299 e. The highest BCUT2D eigenvalue weighted by molar-refractivity contribution is 9.09. The van der Waals surface area contributed by atoms with Gasteiger partial charge in [-0.05, 0) is 24.0 Å². The van der Waals surface area contributed by atoms with Gasteiger partial charge in [-0.2, -0.15) is 0 Å². The molecule has 1 aromatic rings. The van der Waals surface area contributed by atoms with E-state index < -0.39 is 11.7 Å². The molecule has 1 aliphatic rings. The molecule has 1 unspecified atom stereocenters. The minimum Gasteiger partial charge on any atom is -0.497 e. The second-order valence-corrected chi connectivity index (χ2v) is 5.93. The molecule has 1 aromatic carbocycles. The summed E-state index contributed by atoms with van der Waals surface area (Å²) in [7, 11) is 1.57. The predicted octanol–water partition coefficient (Wildman–Crippen LogP) is 2.89. The molecule has 20 heavy (non-hydrogen) atoms. The van der Waals surface area contributed by atoms with Crippen molar-refractivity contribution in [1.29, 1.82) is 0 Å². The number of ketones is 1. The lowest BCUT2D eigenvalue weighted by atomic mass is 9.97. The van der Waals surface area contributed by atoms with Crippen molar-refractivity contribution in [2.45, 2.75) is 13.8 Å². The Morgan fingerprint density at radius 1 is 1.30 bits per heavy atom. The third-order valence-corrected chi connectivity index (χ3v) is 4.57. The number of halogens is 1. The van der Waals surface area contributed by atoms with Crippen molar-refractivity contribution >= 4 is 33.3 Å². The largest absolute Gasteiger partial charge is 0.497 e. The highest BCUT2D eigenvalue weighted by atomic mass is 79.9. The molecule has 1 aliphatic heterocycles. The number of fused-ring (bicyclic) bond motifs is 1. The monoisotopic (exact) mass is 339 g/mol. The average molecular weight is 340 g/mol. The van der Waals surface area contributed by atoms with Crippen LogP contribution in [0.15, 0.2) is 18.2 Å². The van der Waals surface area contributed by atoms with Crippen LogP contribution in [0.2, 0.25) is 0 Å². The molecule has 0 radical (unpaired) electrons. The Bertz CT molecular complexity index is 542. The number of ether oxygens (including phenoxy) is 1. The van der Waals surface area contributed by atoms with Crippen LogP contribution in [0.25, 0.3) is 0 Å². The van der Waals surface area contributed by atoms with Crippen LogP contribution in [0, 0.1) is 11.8 Å². The van der Waals surface area contributed by atoms with E-state index in [0.29, 0.717) is 35.4 Å². The number of carbonyl (C=O) groups is 2. The number of Topliss-reactive ketones (excluding diaryl/α,β-unsaturated/α-hetero) is 1. The maximum Gasteiger partial charge on any atom is 0.299 e. The quantitative estimate of drug-likeness (QED) is 0.612. The summed E-state index contributed by atoms with van der Waals surface area (Å²) in [4.78, 5) is 25.7. The molecule has 0 bridgehead atoms. The molecule has 5 heteroatoms. The third-order valence-electron chi connectivity index (χ3n) is 3.74. The van der Waals surface area contributed by atoms with Gasteiger partial charge in [0.15, 0.2) is 0 Å². The van der Waals surface area contributed by atoms with Gasteiger partial charge in [0.1, 0.15) is 5.75 Å². The van der Waals surface area contributed by atoms with Crippen molar-refractivity contribution in [3.8, 4) is 5.75 Å². The fourth-order valence-electron chi connectivity index (χ4n) is 2.25. The summed E-state index contributed by atoms with van der Waals surface area (Å²) in [6.45, 7) is 4.76. The Balaban J connectivity index is 2.36. The number of alkyl halides is 1. The molecule has 2 rings (SSSR count). The van der Waals surface area contributed by atoms with Gasteiger partial charge in [0, 0.05) is 17.9 Å². The van der Waals surface area contributed by atoms with Gasteiger partial charge >= 0.3 is 0 Å². The number of methoxy groups -OCH3 is 1. The van der Waals surface area contributed by atoms with Crippen LogP contribution in [-0.2, 0) is 4.79 Å². The van der Waals surface area contributed by atoms with Crippen molar-refractivity contribution in [3.63, 3.8) is 0 Å². The Kier molecular flexibility index (Phi) is 4.48. The van der Waals surface area contributed by atoms with Gasteiger partial charge in [-0.1, -0.05) is 29.8 Å². The lowest BCUT2D eigenvalue weighted by Crippen LogP contribution is -2.36. The lowest BCUT2D eigenvalue weighted by Gasteiger charge is -2.25. The van der Waals surface area contributed by atoms with E-state index in [1.165, 1.54) is 0 Å². The average Bonchev–Trinajstić information content (AvgIpc) is 2.68. The minimum absolute atomic E-state index is 0.295. The van der Waals surface area contributed by atoms with Gasteiger partial charge in [0.05, 0.1) is 18.4 Å². The first-order valence-electron chi connectivity index (χ1n) is 6.59. The van der Waals surface area contributed by atoms with E-state index in [0.717, 1.165) is 5.33 Å². The van der Waals surface area contributed by atoms with Crippen molar-refractivity contribution in [1.82, 2.24) is 0 Å². The van der Waals surface area contributed by atoms with E-state index in [1.807, 2.05) is 0 Å². The summed E-state index contributed by atoms with van der Waals surface area (Å²) in [5.41, 5.74) is 1.12. The second kappa shape index (κ2) is 5.95. The molecule has 0 spiro atoms. The highest BCUT2D eigenvalue weighted by Crippen LogP contribution is 2.33. The van der Waals surface area contributed by atoms with Crippen LogP contribution in [0.1, 0.15) is 24.2 Å². The molecule has 1 heterocycles. The van der Waals surface area contributed by atoms with E-state index >= 15 is 0 Å². The van der Waals surface area contributed by atoms with Crippen LogP contribution in [0.5, 0.6) is 5.75 Å². The summed E-state index contributed by atoms with van der Waals surface area (Å²) in [6, 6.07) is 5.12. The van der Waals surface area contributed by atoms with E-state index in [4.69, 9.17) is 4.74 Å². The van der Waals surface area contributed by atoms with E-state index in [-0.39, 0.29) is 0 Å². The maximum absolute atomic E-state index is 12.2. The summed E-state index contributed by atoms with van der Waals surface area (Å²) >= 11 is 3.48. The summed E-state index contributed by atoms with van der Waals surface area (Å²) < 4.78 is 5.18. The lowest BCUT2D eigenvalue weighted by molar-refractivity contribution is -0.114. The molecular formula is C15H18BrNO3. The number of hydrogen-bond donors (Lipinski definition) is 0. The molecule has 0 N–H and O–H groups in total. The number of rotatable bonds is 5. The van der Waals surface area contributed by atoms with Crippen molar-refractivity contribution < 1.29 is 14.3 Å². The molecule has 1 amide bonds. The molecule has 0 fully saturated rings. The fraction of sp³-hybridized carbons (Fsp3) is 0.467. The number of hydrogen-bond acceptors (Lipinski definition) is 3. The predicted molar refractivity (Wildman–Crippen MR) is 81.8 cm³/mol.